The number of nitrogens with two attached hydrogens (primary N) is 1. The number of nitrogen functional groups attached to an aromatic ring is 1. The minimum absolute atomic E-state index is 0.692. The normalized spacial score (nSPS) is 10.7. The van der Waals surface area contributed by atoms with Crippen LogP contribution in [0, 0.1) is 6.92 Å². The molecular formula is C14H13N3O. The summed E-state index contributed by atoms with van der Waals surface area (Å²) in [5, 5.41) is 4.27. The molecule has 0 aliphatic rings. The molecule has 2 heterocycles. The van der Waals surface area contributed by atoms with E-state index in [1.54, 1.807) is 6.26 Å². The average Bonchev–Trinajstić information content (AvgIpc) is 2.78. The Bertz CT molecular complexity index is 703. The number of furan rings is 1. The summed E-state index contributed by atoms with van der Waals surface area (Å²) in [6.07, 6.45) is 1.69. The lowest BCUT2D eigenvalue weighted by molar-refractivity contribution is 0.617. The van der Waals surface area contributed by atoms with Crippen LogP contribution in [0.25, 0.3) is 11.0 Å². The van der Waals surface area contributed by atoms with Gasteiger partial charge in [0.05, 0.1) is 17.1 Å². The van der Waals surface area contributed by atoms with E-state index in [1.807, 2.05) is 43.3 Å². The first-order valence-electron chi connectivity index (χ1n) is 5.70. The summed E-state index contributed by atoms with van der Waals surface area (Å²) in [7, 11) is 0. The molecule has 4 nitrogen and oxygen atoms in total. The highest BCUT2D eigenvalue weighted by molar-refractivity contribution is 5.91. The largest absolute Gasteiger partial charge is 0.462 e. The summed E-state index contributed by atoms with van der Waals surface area (Å²) in [6.45, 7) is 1.88. The van der Waals surface area contributed by atoms with Crippen molar-refractivity contribution in [2.24, 2.45) is 0 Å². The van der Waals surface area contributed by atoms with Crippen LogP contribution in [0.1, 0.15) is 5.69 Å². The molecule has 0 aliphatic heterocycles. The Hall–Kier alpha value is -2.49. The van der Waals surface area contributed by atoms with E-state index in [0.717, 1.165) is 28.2 Å². The Morgan fingerprint density at radius 3 is 2.83 bits per heavy atom. The molecule has 0 unspecified atom stereocenters. The molecule has 90 valence electrons. The maximum atomic E-state index is 5.74. The van der Waals surface area contributed by atoms with E-state index in [1.165, 1.54) is 0 Å². The number of rotatable bonds is 2. The van der Waals surface area contributed by atoms with Gasteiger partial charge in [0.25, 0.3) is 0 Å². The second-order valence-corrected chi connectivity index (χ2v) is 4.14. The first-order chi connectivity index (χ1) is 8.74. The van der Waals surface area contributed by atoms with E-state index < -0.39 is 0 Å². The second-order valence-electron chi connectivity index (χ2n) is 4.14. The Balaban J connectivity index is 1.98. The Kier molecular flexibility index (Phi) is 2.41. The lowest BCUT2D eigenvalue weighted by Crippen LogP contribution is -1.97. The Labute approximate surface area is 104 Å². The number of hydrogen-bond acceptors (Lipinski definition) is 4. The van der Waals surface area contributed by atoms with E-state index in [2.05, 4.69) is 10.3 Å². The first-order valence-corrected chi connectivity index (χ1v) is 5.70. The van der Waals surface area contributed by atoms with E-state index in [-0.39, 0.29) is 0 Å². The molecule has 0 radical (unpaired) electrons. The third-order valence-corrected chi connectivity index (χ3v) is 2.87. The van der Waals surface area contributed by atoms with Crippen molar-refractivity contribution in [3.05, 3.63) is 48.4 Å². The van der Waals surface area contributed by atoms with E-state index >= 15 is 0 Å². The van der Waals surface area contributed by atoms with Crippen LogP contribution in [0.2, 0.25) is 0 Å². The molecule has 18 heavy (non-hydrogen) atoms. The molecule has 4 heteroatoms. The third-order valence-electron chi connectivity index (χ3n) is 2.87. The van der Waals surface area contributed by atoms with Crippen molar-refractivity contribution in [3.8, 4) is 0 Å². The van der Waals surface area contributed by atoms with Crippen molar-refractivity contribution in [1.29, 1.82) is 0 Å². The Morgan fingerprint density at radius 2 is 2.00 bits per heavy atom. The molecule has 0 spiro atoms. The molecule has 3 aromatic rings. The summed E-state index contributed by atoms with van der Waals surface area (Å²) < 4.78 is 5.46. The van der Waals surface area contributed by atoms with Gasteiger partial charge in [0, 0.05) is 5.39 Å². The first kappa shape index (κ1) is 10.7. The van der Waals surface area contributed by atoms with Crippen LogP contribution in [0.4, 0.5) is 17.2 Å². The maximum absolute atomic E-state index is 5.74. The molecule has 0 bridgehead atoms. The van der Waals surface area contributed by atoms with Gasteiger partial charge in [0.2, 0.25) is 0 Å². The van der Waals surface area contributed by atoms with E-state index in [0.29, 0.717) is 5.69 Å². The van der Waals surface area contributed by atoms with Gasteiger partial charge in [0.1, 0.15) is 17.7 Å². The van der Waals surface area contributed by atoms with Gasteiger partial charge in [0.15, 0.2) is 0 Å². The van der Waals surface area contributed by atoms with Gasteiger partial charge in [-0.3, -0.25) is 0 Å². The summed E-state index contributed by atoms with van der Waals surface area (Å²) in [4.78, 5) is 4.38. The zero-order chi connectivity index (χ0) is 12.5. The molecule has 0 amide bonds. The molecule has 0 saturated heterocycles. The zero-order valence-electron chi connectivity index (χ0n) is 9.97. The van der Waals surface area contributed by atoms with Gasteiger partial charge in [-0.1, -0.05) is 12.1 Å². The highest BCUT2D eigenvalue weighted by atomic mass is 16.3. The fourth-order valence-corrected chi connectivity index (χ4v) is 1.85. The quantitative estimate of drug-likeness (QED) is 0.718. The molecule has 0 atom stereocenters. The summed E-state index contributed by atoms with van der Waals surface area (Å²) >= 11 is 0. The number of nitrogens with one attached hydrogen (secondary N) is 1. The fourth-order valence-electron chi connectivity index (χ4n) is 1.85. The maximum Gasteiger partial charge on any atom is 0.136 e. The summed E-state index contributed by atoms with van der Waals surface area (Å²) in [6, 6.07) is 11.6. The smallest absolute Gasteiger partial charge is 0.136 e. The predicted molar refractivity (Wildman–Crippen MR) is 72.9 cm³/mol. The van der Waals surface area contributed by atoms with Gasteiger partial charge in [-0.15, -0.1) is 0 Å². The number of aryl methyl sites for hydroxylation is 1. The van der Waals surface area contributed by atoms with Crippen LogP contribution in [-0.4, -0.2) is 4.98 Å². The molecule has 3 rings (SSSR count). The minimum atomic E-state index is 0.692. The van der Waals surface area contributed by atoms with E-state index in [9.17, 15) is 0 Å². The molecule has 1 aromatic carbocycles. The van der Waals surface area contributed by atoms with Crippen LogP contribution in [0.5, 0.6) is 0 Å². The topological polar surface area (TPSA) is 64.1 Å². The number of benzene rings is 1. The third kappa shape index (κ3) is 1.78. The van der Waals surface area contributed by atoms with Crippen molar-refractivity contribution in [1.82, 2.24) is 4.98 Å². The van der Waals surface area contributed by atoms with Crippen LogP contribution in [-0.2, 0) is 0 Å². The number of hydrogen-bond donors (Lipinski definition) is 2. The second kappa shape index (κ2) is 4.07. The van der Waals surface area contributed by atoms with Crippen molar-refractivity contribution >= 4 is 28.2 Å². The SMILES string of the molecule is Cc1nc(Nc2coc3ccccc23)ccc1N. The molecule has 0 aliphatic carbocycles. The van der Waals surface area contributed by atoms with Crippen molar-refractivity contribution in [2.75, 3.05) is 11.1 Å². The number of pyridine rings is 1. The minimum Gasteiger partial charge on any atom is -0.462 e. The van der Waals surface area contributed by atoms with Crippen LogP contribution in [0.15, 0.2) is 47.1 Å². The van der Waals surface area contributed by atoms with Gasteiger partial charge in [-0.05, 0) is 31.2 Å². The fraction of sp³-hybridized carbons (Fsp3) is 0.0714. The monoisotopic (exact) mass is 239 g/mol. The van der Waals surface area contributed by atoms with Crippen LogP contribution in [0.3, 0.4) is 0 Å². The molecule has 0 saturated carbocycles. The lowest BCUT2D eigenvalue weighted by Gasteiger charge is -2.05. The summed E-state index contributed by atoms with van der Waals surface area (Å²) in [5.74, 6) is 0.758. The average molecular weight is 239 g/mol. The van der Waals surface area contributed by atoms with Crippen molar-refractivity contribution < 1.29 is 4.42 Å². The van der Waals surface area contributed by atoms with Crippen LogP contribution < -0.4 is 11.1 Å². The standard InChI is InChI=1S/C14H13N3O/c1-9-11(15)6-7-14(16-9)17-12-8-18-13-5-3-2-4-10(12)13/h2-8H,15H2,1H3,(H,16,17). The molecular weight excluding hydrogens is 226 g/mol. The highest BCUT2D eigenvalue weighted by Crippen LogP contribution is 2.28. The van der Waals surface area contributed by atoms with Gasteiger partial charge < -0.3 is 15.5 Å². The molecule has 3 N–H and O–H groups in total. The highest BCUT2D eigenvalue weighted by Gasteiger charge is 2.06. The number of para-hydroxylation sites is 1. The number of nitrogens with zero attached hydrogens (tertiary/aromatic N) is 1. The number of anilines is 3. The van der Waals surface area contributed by atoms with Gasteiger partial charge >= 0.3 is 0 Å². The van der Waals surface area contributed by atoms with Gasteiger partial charge in [-0.2, -0.15) is 0 Å². The van der Waals surface area contributed by atoms with Crippen LogP contribution >= 0.6 is 0 Å². The predicted octanol–water partition coefficient (Wildman–Crippen LogP) is 3.46. The van der Waals surface area contributed by atoms with Gasteiger partial charge in [-0.25, -0.2) is 4.98 Å². The zero-order valence-corrected chi connectivity index (χ0v) is 9.97. The van der Waals surface area contributed by atoms with Crippen molar-refractivity contribution in [3.63, 3.8) is 0 Å². The number of aromatic nitrogens is 1. The molecule has 2 aromatic heterocycles. The summed E-state index contributed by atoms with van der Waals surface area (Å²) in [5.41, 5.74) is 9.01. The van der Waals surface area contributed by atoms with Crippen molar-refractivity contribution in [2.45, 2.75) is 6.92 Å². The van der Waals surface area contributed by atoms with E-state index in [4.69, 9.17) is 10.2 Å². The Morgan fingerprint density at radius 1 is 1.17 bits per heavy atom. The lowest BCUT2D eigenvalue weighted by atomic mass is 10.2. The molecule has 0 fully saturated rings. The number of fused-ring (bicyclic) bond motifs is 1.